The van der Waals surface area contributed by atoms with Crippen LogP contribution in [-0.2, 0) is 12.8 Å². The van der Waals surface area contributed by atoms with Gasteiger partial charge in [0.1, 0.15) is 5.75 Å². The molecule has 3 heteroatoms. The van der Waals surface area contributed by atoms with E-state index in [0.29, 0.717) is 6.54 Å². The van der Waals surface area contributed by atoms with Crippen molar-refractivity contribution in [2.75, 3.05) is 19.7 Å². The molecular formula is C13H17NO2. The maximum atomic E-state index is 10.3. The second-order valence-electron chi connectivity index (χ2n) is 4.87. The second-order valence-corrected chi connectivity index (χ2v) is 4.87. The van der Waals surface area contributed by atoms with E-state index in [9.17, 15) is 5.11 Å². The first-order chi connectivity index (χ1) is 7.75. The zero-order chi connectivity index (χ0) is 11.0. The monoisotopic (exact) mass is 219 g/mol. The van der Waals surface area contributed by atoms with Gasteiger partial charge in [0.15, 0.2) is 0 Å². The van der Waals surface area contributed by atoms with E-state index in [1.165, 1.54) is 11.1 Å². The fourth-order valence-electron chi connectivity index (χ4n) is 2.61. The van der Waals surface area contributed by atoms with Crippen LogP contribution >= 0.6 is 0 Å². The molecule has 16 heavy (non-hydrogen) atoms. The van der Waals surface area contributed by atoms with Gasteiger partial charge in [-0.1, -0.05) is 12.1 Å². The van der Waals surface area contributed by atoms with Gasteiger partial charge in [-0.05, 0) is 30.2 Å². The highest BCUT2D eigenvalue weighted by molar-refractivity contribution is 5.40. The normalized spacial score (nSPS) is 27.8. The molecule has 2 N–H and O–H groups in total. The van der Waals surface area contributed by atoms with E-state index in [2.05, 4.69) is 17.4 Å². The predicted molar refractivity (Wildman–Crippen MR) is 61.8 cm³/mol. The molecule has 0 amide bonds. The molecule has 0 saturated carbocycles. The van der Waals surface area contributed by atoms with Gasteiger partial charge in [0, 0.05) is 19.4 Å². The Morgan fingerprint density at radius 1 is 1.44 bits per heavy atom. The van der Waals surface area contributed by atoms with E-state index < -0.39 is 5.60 Å². The summed E-state index contributed by atoms with van der Waals surface area (Å²) in [6.07, 6.45) is 2.59. The van der Waals surface area contributed by atoms with Crippen LogP contribution in [0.2, 0.25) is 0 Å². The molecule has 86 valence electrons. The number of ether oxygens (including phenoxy) is 1. The Morgan fingerprint density at radius 3 is 3.19 bits per heavy atom. The lowest BCUT2D eigenvalue weighted by Crippen LogP contribution is -2.33. The van der Waals surface area contributed by atoms with E-state index in [-0.39, 0.29) is 0 Å². The summed E-state index contributed by atoms with van der Waals surface area (Å²) >= 11 is 0. The Bertz CT molecular complexity index is 397. The number of hydrogen-bond donors (Lipinski definition) is 2. The Kier molecular flexibility index (Phi) is 2.37. The van der Waals surface area contributed by atoms with Crippen LogP contribution in [0, 0.1) is 0 Å². The zero-order valence-electron chi connectivity index (χ0n) is 9.33. The average molecular weight is 219 g/mol. The summed E-state index contributed by atoms with van der Waals surface area (Å²) in [6.45, 7) is 2.43. The van der Waals surface area contributed by atoms with Crippen LogP contribution in [0.25, 0.3) is 0 Å². The smallest absolute Gasteiger partial charge is 0.122 e. The largest absolute Gasteiger partial charge is 0.493 e. The van der Waals surface area contributed by atoms with Crippen LogP contribution in [0.5, 0.6) is 5.75 Å². The van der Waals surface area contributed by atoms with Gasteiger partial charge < -0.3 is 15.2 Å². The van der Waals surface area contributed by atoms with Gasteiger partial charge in [0.2, 0.25) is 0 Å². The number of β-amino-alcohol motifs (C(OH)–C–C–N with tert-alkyl or cyclic N) is 1. The van der Waals surface area contributed by atoms with Gasteiger partial charge in [0.05, 0.1) is 12.2 Å². The molecular weight excluding hydrogens is 202 g/mol. The Balaban J connectivity index is 1.80. The topological polar surface area (TPSA) is 41.5 Å². The molecule has 0 spiro atoms. The summed E-state index contributed by atoms with van der Waals surface area (Å²) in [7, 11) is 0. The van der Waals surface area contributed by atoms with Crippen molar-refractivity contribution in [1.29, 1.82) is 0 Å². The number of hydrogen-bond acceptors (Lipinski definition) is 3. The van der Waals surface area contributed by atoms with E-state index in [1.54, 1.807) is 0 Å². The molecule has 3 rings (SSSR count). The van der Waals surface area contributed by atoms with Crippen LogP contribution < -0.4 is 10.1 Å². The van der Waals surface area contributed by atoms with E-state index in [1.807, 2.05) is 6.07 Å². The molecule has 0 aliphatic carbocycles. The van der Waals surface area contributed by atoms with E-state index >= 15 is 0 Å². The fraction of sp³-hybridized carbons (Fsp3) is 0.538. The minimum absolute atomic E-state index is 0.548. The lowest BCUT2D eigenvalue weighted by molar-refractivity contribution is 0.0619. The molecule has 1 fully saturated rings. The minimum atomic E-state index is -0.548. The van der Waals surface area contributed by atoms with Crippen LogP contribution in [0.4, 0.5) is 0 Å². The highest BCUT2D eigenvalue weighted by Gasteiger charge is 2.31. The van der Waals surface area contributed by atoms with Gasteiger partial charge in [-0.15, -0.1) is 0 Å². The Morgan fingerprint density at radius 2 is 2.38 bits per heavy atom. The average Bonchev–Trinajstić information content (AvgIpc) is 2.86. The van der Waals surface area contributed by atoms with E-state index in [4.69, 9.17) is 4.74 Å². The molecule has 1 atom stereocenters. The Labute approximate surface area is 95.4 Å². The SMILES string of the molecule is OC1(Cc2ccc3c(c2)CCO3)CCNC1. The molecule has 1 aromatic carbocycles. The van der Waals surface area contributed by atoms with Gasteiger partial charge in [-0.3, -0.25) is 0 Å². The fourth-order valence-corrected chi connectivity index (χ4v) is 2.61. The number of rotatable bonds is 2. The van der Waals surface area contributed by atoms with Crippen molar-refractivity contribution in [2.24, 2.45) is 0 Å². The first kappa shape index (κ1) is 10.1. The van der Waals surface area contributed by atoms with Crippen LogP contribution in [0.3, 0.4) is 0 Å². The van der Waals surface area contributed by atoms with Crippen molar-refractivity contribution in [1.82, 2.24) is 5.32 Å². The summed E-state index contributed by atoms with van der Waals surface area (Å²) in [5.74, 6) is 1.01. The first-order valence-electron chi connectivity index (χ1n) is 5.93. The molecule has 0 aromatic heterocycles. The lowest BCUT2D eigenvalue weighted by Gasteiger charge is -2.21. The molecule has 1 unspecified atom stereocenters. The third-order valence-corrected chi connectivity index (χ3v) is 3.51. The second kappa shape index (κ2) is 3.75. The number of benzene rings is 1. The number of aliphatic hydroxyl groups is 1. The molecule has 1 aromatic rings. The predicted octanol–water partition coefficient (Wildman–Crippen LogP) is 0.888. The maximum absolute atomic E-state index is 10.3. The van der Waals surface area contributed by atoms with Crippen molar-refractivity contribution >= 4 is 0 Å². The van der Waals surface area contributed by atoms with Crippen molar-refractivity contribution in [2.45, 2.75) is 24.9 Å². The van der Waals surface area contributed by atoms with Crippen LogP contribution in [0.15, 0.2) is 18.2 Å². The lowest BCUT2D eigenvalue weighted by atomic mass is 9.92. The van der Waals surface area contributed by atoms with Gasteiger partial charge in [0.25, 0.3) is 0 Å². The Hall–Kier alpha value is -1.06. The number of nitrogens with one attached hydrogen (secondary N) is 1. The summed E-state index contributed by atoms with van der Waals surface area (Å²) in [5, 5.41) is 13.5. The first-order valence-corrected chi connectivity index (χ1v) is 5.93. The molecule has 2 aliphatic heterocycles. The van der Waals surface area contributed by atoms with E-state index in [0.717, 1.165) is 38.2 Å². The van der Waals surface area contributed by atoms with Crippen molar-refractivity contribution < 1.29 is 9.84 Å². The van der Waals surface area contributed by atoms with Crippen molar-refractivity contribution in [3.8, 4) is 5.75 Å². The van der Waals surface area contributed by atoms with Crippen LogP contribution in [-0.4, -0.2) is 30.4 Å². The summed E-state index contributed by atoms with van der Waals surface area (Å²) in [5.41, 5.74) is 1.95. The molecule has 1 saturated heterocycles. The van der Waals surface area contributed by atoms with Crippen molar-refractivity contribution in [3.63, 3.8) is 0 Å². The summed E-state index contributed by atoms with van der Waals surface area (Å²) < 4.78 is 5.47. The molecule has 0 bridgehead atoms. The minimum Gasteiger partial charge on any atom is -0.493 e. The quantitative estimate of drug-likeness (QED) is 0.776. The highest BCUT2D eigenvalue weighted by atomic mass is 16.5. The van der Waals surface area contributed by atoms with Crippen LogP contribution in [0.1, 0.15) is 17.5 Å². The maximum Gasteiger partial charge on any atom is 0.122 e. The van der Waals surface area contributed by atoms with Gasteiger partial charge in [-0.25, -0.2) is 0 Å². The standard InChI is InChI=1S/C13H17NO2/c15-13(4-5-14-9-13)8-10-1-2-12-11(7-10)3-6-16-12/h1-2,7,14-15H,3-6,8-9H2. The molecule has 0 radical (unpaired) electrons. The van der Waals surface area contributed by atoms with Crippen molar-refractivity contribution in [3.05, 3.63) is 29.3 Å². The third kappa shape index (κ3) is 1.81. The third-order valence-electron chi connectivity index (χ3n) is 3.51. The highest BCUT2D eigenvalue weighted by Crippen LogP contribution is 2.28. The molecule has 2 heterocycles. The molecule has 3 nitrogen and oxygen atoms in total. The number of fused-ring (bicyclic) bond motifs is 1. The summed E-state index contributed by atoms with van der Waals surface area (Å²) in [4.78, 5) is 0. The van der Waals surface area contributed by atoms with Gasteiger partial charge in [-0.2, -0.15) is 0 Å². The summed E-state index contributed by atoms with van der Waals surface area (Å²) in [6, 6.07) is 6.28. The van der Waals surface area contributed by atoms with Gasteiger partial charge >= 0.3 is 0 Å². The molecule has 2 aliphatic rings. The zero-order valence-corrected chi connectivity index (χ0v) is 9.33.